The molecule has 1 aromatic carbocycles. The molecular weight excluding hydrogens is 346 g/mol. The molecule has 8 heteroatoms. The van der Waals surface area contributed by atoms with E-state index in [1.807, 2.05) is 25.1 Å². The van der Waals surface area contributed by atoms with Crippen molar-refractivity contribution in [1.29, 1.82) is 0 Å². The second-order valence-electron chi connectivity index (χ2n) is 6.07. The molecule has 0 bridgehead atoms. The van der Waals surface area contributed by atoms with E-state index in [4.69, 9.17) is 4.74 Å². The Bertz CT molecular complexity index is 965. The second-order valence-corrected chi connectivity index (χ2v) is 6.07. The summed E-state index contributed by atoms with van der Waals surface area (Å²) in [5, 5.41) is 11.1. The van der Waals surface area contributed by atoms with Crippen molar-refractivity contribution in [2.24, 2.45) is 0 Å². The number of nitrogens with zero attached hydrogens (tertiary/aromatic N) is 4. The zero-order chi connectivity index (χ0) is 19.2. The van der Waals surface area contributed by atoms with Crippen LogP contribution in [0.3, 0.4) is 0 Å². The van der Waals surface area contributed by atoms with Gasteiger partial charge < -0.3 is 10.1 Å². The van der Waals surface area contributed by atoms with Gasteiger partial charge >= 0.3 is 0 Å². The van der Waals surface area contributed by atoms with Gasteiger partial charge in [0, 0.05) is 25.0 Å². The largest absolute Gasteiger partial charge is 0.481 e. The van der Waals surface area contributed by atoms with E-state index < -0.39 is 6.10 Å². The van der Waals surface area contributed by atoms with Crippen LogP contribution in [0.1, 0.15) is 12.5 Å². The number of aromatic nitrogens is 4. The van der Waals surface area contributed by atoms with Gasteiger partial charge in [-0.15, -0.1) is 5.10 Å². The molecule has 2 aromatic heterocycles. The summed E-state index contributed by atoms with van der Waals surface area (Å²) in [6.07, 6.45) is 2.72. The first-order chi connectivity index (χ1) is 13.0. The number of rotatable bonds is 7. The minimum Gasteiger partial charge on any atom is -0.481 e. The number of carbonyl (C=O) groups is 1. The topological polar surface area (TPSA) is 91.0 Å². The Kier molecular flexibility index (Phi) is 5.65. The molecule has 0 saturated heterocycles. The highest BCUT2D eigenvalue weighted by Gasteiger charge is 2.14. The Balaban J connectivity index is 1.55. The highest BCUT2D eigenvalue weighted by atomic mass is 16.5. The van der Waals surface area contributed by atoms with Gasteiger partial charge in [-0.3, -0.25) is 9.59 Å². The SMILES string of the molecule is Cc1cccc(OC(C)C(=O)NCCn2nc(-n3cccn3)ccc2=O)c1. The van der Waals surface area contributed by atoms with Gasteiger partial charge in [-0.1, -0.05) is 12.1 Å². The first kappa shape index (κ1) is 18.4. The van der Waals surface area contributed by atoms with E-state index in [1.165, 1.54) is 10.7 Å². The van der Waals surface area contributed by atoms with Crippen LogP contribution in [0.25, 0.3) is 5.82 Å². The minimum absolute atomic E-state index is 0.246. The molecule has 1 N–H and O–H groups in total. The smallest absolute Gasteiger partial charge is 0.266 e. The summed E-state index contributed by atoms with van der Waals surface area (Å²) >= 11 is 0. The Morgan fingerprint density at radius 1 is 1.26 bits per heavy atom. The van der Waals surface area contributed by atoms with E-state index in [0.29, 0.717) is 11.6 Å². The maximum atomic E-state index is 12.2. The summed E-state index contributed by atoms with van der Waals surface area (Å²) in [5.41, 5.74) is 0.812. The lowest BCUT2D eigenvalue weighted by Crippen LogP contribution is -2.39. The van der Waals surface area contributed by atoms with Gasteiger partial charge in [0.25, 0.3) is 11.5 Å². The first-order valence-electron chi connectivity index (χ1n) is 8.62. The summed E-state index contributed by atoms with van der Waals surface area (Å²) < 4.78 is 8.50. The summed E-state index contributed by atoms with van der Waals surface area (Å²) in [4.78, 5) is 24.2. The van der Waals surface area contributed by atoms with E-state index >= 15 is 0 Å². The lowest BCUT2D eigenvalue weighted by molar-refractivity contribution is -0.127. The normalized spacial score (nSPS) is 11.8. The molecule has 3 aromatic rings. The van der Waals surface area contributed by atoms with E-state index in [1.54, 1.807) is 42.2 Å². The Morgan fingerprint density at radius 2 is 2.11 bits per heavy atom. The zero-order valence-corrected chi connectivity index (χ0v) is 15.2. The quantitative estimate of drug-likeness (QED) is 0.680. The Morgan fingerprint density at radius 3 is 2.85 bits per heavy atom. The van der Waals surface area contributed by atoms with E-state index in [-0.39, 0.29) is 24.6 Å². The molecule has 8 nitrogen and oxygen atoms in total. The molecule has 0 radical (unpaired) electrons. The van der Waals surface area contributed by atoms with Crippen molar-refractivity contribution in [2.45, 2.75) is 26.5 Å². The predicted octanol–water partition coefficient (Wildman–Crippen LogP) is 1.32. The molecule has 27 heavy (non-hydrogen) atoms. The highest BCUT2D eigenvalue weighted by molar-refractivity contribution is 5.80. The van der Waals surface area contributed by atoms with Crippen molar-refractivity contribution in [3.63, 3.8) is 0 Å². The molecule has 1 atom stereocenters. The molecule has 1 amide bonds. The van der Waals surface area contributed by atoms with Crippen molar-refractivity contribution in [3.05, 3.63) is 70.8 Å². The van der Waals surface area contributed by atoms with Gasteiger partial charge in [0.1, 0.15) is 5.75 Å². The number of aryl methyl sites for hydroxylation is 1. The average molecular weight is 367 g/mol. The number of carbonyl (C=O) groups excluding carboxylic acids is 1. The number of hydrogen-bond acceptors (Lipinski definition) is 5. The zero-order valence-electron chi connectivity index (χ0n) is 15.2. The van der Waals surface area contributed by atoms with Crippen molar-refractivity contribution in [1.82, 2.24) is 24.9 Å². The molecule has 0 spiro atoms. The summed E-state index contributed by atoms with van der Waals surface area (Å²) in [7, 11) is 0. The Labute approximate surface area is 156 Å². The predicted molar refractivity (Wildman–Crippen MR) is 99.9 cm³/mol. The fraction of sp³-hybridized carbons (Fsp3) is 0.263. The van der Waals surface area contributed by atoms with Crippen LogP contribution in [0, 0.1) is 6.92 Å². The van der Waals surface area contributed by atoms with Gasteiger partial charge in [0.2, 0.25) is 0 Å². The Hall–Kier alpha value is -3.42. The van der Waals surface area contributed by atoms with Crippen molar-refractivity contribution in [2.75, 3.05) is 6.54 Å². The van der Waals surface area contributed by atoms with Crippen LogP contribution in [0.5, 0.6) is 5.75 Å². The summed E-state index contributed by atoms with van der Waals surface area (Å²) in [6.45, 7) is 4.15. The molecule has 0 aliphatic carbocycles. The van der Waals surface area contributed by atoms with Crippen molar-refractivity contribution >= 4 is 5.91 Å². The maximum Gasteiger partial charge on any atom is 0.266 e. The molecule has 0 saturated carbocycles. The standard InChI is InChI=1S/C19H21N5O3/c1-14-5-3-6-16(13-14)27-15(2)19(26)20-10-12-24-18(25)8-7-17(22-24)23-11-4-9-21-23/h3-9,11,13,15H,10,12H2,1-2H3,(H,20,26). The van der Waals surface area contributed by atoms with Gasteiger partial charge in [-0.25, -0.2) is 9.36 Å². The lowest BCUT2D eigenvalue weighted by atomic mass is 10.2. The second kappa shape index (κ2) is 8.31. The van der Waals surface area contributed by atoms with E-state index in [2.05, 4.69) is 15.5 Å². The van der Waals surface area contributed by atoms with Gasteiger partial charge in [0.15, 0.2) is 11.9 Å². The van der Waals surface area contributed by atoms with Gasteiger partial charge in [-0.05, 0) is 43.7 Å². The fourth-order valence-corrected chi connectivity index (χ4v) is 2.50. The monoisotopic (exact) mass is 367 g/mol. The third-order valence-corrected chi connectivity index (χ3v) is 3.89. The molecule has 0 fully saturated rings. The van der Waals surface area contributed by atoms with Crippen molar-refractivity contribution in [3.8, 4) is 11.6 Å². The minimum atomic E-state index is -0.646. The number of hydrogen-bond donors (Lipinski definition) is 1. The van der Waals surface area contributed by atoms with Crippen LogP contribution in [0.4, 0.5) is 0 Å². The van der Waals surface area contributed by atoms with Crippen LogP contribution in [-0.4, -0.2) is 38.1 Å². The average Bonchev–Trinajstić information content (AvgIpc) is 3.18. The number of nitrogens with one attached hydrogen (secondary N) is 1. The number of benzene rings is 1. The molecular formula is C19H21N5O3. The van der Waals surface area contributed by atoms with Crippen LogP contribution in [-0.2, 0) is 11.3 Å². The highest BCUT2D eigenvalue weighted by Crippen LogP contribution is 2.14. The van der Waals surface area contributed by atoms with E-state index in [0.717, 1.165) is 5.56 Å². The lowest BCUT2D eigenvalue weighted by Gasteiger charge is -2.15. The van der Waals surface area contributed by atoms with E-state index in [9.17, 15) is 9.59 Å². The van der Waals surface area contributed by atoms with Crippen LogP contribution < -0.4 is 15.6 Å². The van der Waals surface area contributed by atoms with Crippen molar-refractivity contribution < 1.29 is 9.53 Å². The van der Waals surface area contributed by atoms with Crippen LogP contribution >= 0.6 is 0 Å². The third-order valence-electron chi connectivity index (χ3n) is 3.89. The molecule has 1 unspecified atom stereocenters. The van der Waals surface area contributed by atoms with Crippen LogP contribution in [0.2, 0.25) is 0 Å². The van der Waals surface area contributed by atoms with Gasteiger partial charge in [-0.2, -0.15) is 5.10 Å². The molecule has 140 valence electrons. The first-order valence-corrected chi connectivity index (χ1v) is 8.62. The number of amides is 1. The molecule has 2 heterocycles. The molecule has 0 aliphatic heterocycles. The van der Waals surface area contributed by atoms with Gasteiger partial charge in [0.05, 0.1) is 6.54 Å². The van der Waals surface area contributed by atoms with Crippen LogP contribution in [0.15, 0.2) is 59.7 Å². The molecule has 3 rings (SSSR count). The fourth-order valence-electron chi connectivity index (χ4n) is 2.50. The number of ether oxygens (including phenoxy) is 1. The summed E-state index contributed by atoms with van der Waals surface area (Å²) in [5.74, 6) is 0.914. The molecule has 0 aliphatic rings. The summed E-state index contributed by atoms with van der Waals surface area (Å²) in [6, 6.07) is 12.3. The third kappa shape index (κ3) is 4.81. The maximum absolute atomic E-state index is 12.2.